The molecule has 1 aromatic carbocycles. The molecule has 0 amide bonds. The second kappa shape index (κ2) is 5.57. The van der Waals surface area contributed by atoms with Crippen LogP contribution >= 0.6 is 0 Å². The number of hydrogen-bond acceptors (Lipinski definition) is 3. The van der Waals surface area contributed by atoms with Crippen LogP contribution in [-0.4, -0.2) is 9.78 Å². The Hall–Kier alpha value is -2.28. The highest BCUT2D eigenvalue weighted by Gasteiger charge is 2.15. The van der Waals surface area contributed by atoms with Crippen LogP contribution in [0.3, 0.4) is 0 Å². The lowest BCUT2D eigenvalue weighted by Gasteiger charge is -2.00. The zero-order valence-electron chi connectivity index (χ0n) is 11.3. The second-order valence-electron chi connectivity index (χ2n) is 4.71. The fourth-order valence-corrected chi connectivity index (χ4v) is 2.17. The zero-order chi connectivity index (χ0) is 13.8. The highest BCUT2D eigenvalue weighted by molar-refractivity contribution is 5.53. The quantitative estimate of drug-likeness (QED) is 0.912. The molecule has 0 fully saturated rings. The maximum absolute atomic E-state index is 9.23. The van der Waals surface area contributed by atoms with Gasteiger partial charge in [0.15, 0.2) is 0 Å². The summed E-state index contributed by atoms with van der Waals surface area (Å²) < 4.78 is 1.73. The van der Waals surface area contributed by atoms with Gasteiger partial charge >= 0.3 is 0 Å². The number of aryl methyl sites for hydroxylation is 2. The van der Waals surface area contributed by atoms with Crippen LogP contribution in [0, 0.1) is 18.3 Å². The Bertz CT molecular complexity index is 620. The molecule has 2 rings (SSSR count). The predicted octanol–water partition coefficient (Wildman–Crippen LogP) is 2.65. The van der Waals surface area contributed by atoms with Crippen LogP contribution < -0.4 is 5.73 Å². The predicted molar refractivity (Wildman–Crippen MR) is 75.6 cm³/mol. The highest BCUT2D eigenvalue weighted by atomic mass is 15.3. The first-order valence-electron chi connectivity index (χ1n) is 6.46. The Kier molecular flexibility index (Phi) is 3.86. The van der Waals surface area contributed by atoms with Gasteiger partial charge in [0, 0.05) is 13.0 Å². The molecule has 0 saturated carbocycles. The molecule has 0 aliphatic rings. The van der Waals surface area contributed by atoms with E-state index in [1.165, 1.54) is 5.56 Å². The van der Waals surface area contributed by atoms with Gasteiger partial charge in [-0.2, -0.15) is 10.4 Å². The van der Waals surface area contributed by atoms with Gasteiger partial charge in [-0.05, 0) is 18.9 Å². The van der Waals surface area contributed by atoms with E-state index in [0.29, 0.717) is 17.8 Å². The number of nitrogen functional groups attached to an aromatic ring is 1. The van der Waals surface area contributed by atoms with Gasteiger partial charge in [0.25, 0.3) is 0 Å². The molecule has 0 aliphatic carbocycles. The van der Waals surface area contributed by atoms with Crippen molar-refractivity contribution in [3.8, 4) is 6.07 Å². The van der Waals surface area contributed by atoms with Crippen LogP contribution in [0.25, 0.3) is 0 Å². The summed E-state index contributed by atoms with van der Waals surface area (Å²) in [6.07, 6.45) is 1.59. The van der Waals surface area contributed by atoms with E-state index < -0.39 is 0 Å². The lowest BCUT2D eigenvalue weighted by molar-refractivity contribution is 0.604. The molecule has 2 aromatic rings. The summed E-state index contributed by atoms with van der Waals surface area (Å²) >= 11 is 0. The van der Waals surface area contributed by atoms with E-state index in [1.54, 1.807) is 4.68 Å². The maximum Gasteiger partial charge on any atom is 0.140 e. The Morgan fingerprint density at radius 2 is 2.21 bits per heavy atom. The minimum atomic E-state index is 0.479. The fourth-order valence-electron chi connectivity index (χ4n) is 2.17. The average molecular weight is 254 g/mol. The van der Waals surface area contributed by atoms with Gasteiger partial charge in [-0.1, -0.05) is 36.8 Å². The summed E-state index contributed by atoms with van der Waals surface area (Å²) in [7, 11) is 0. The Morgan fingerprint density at radius 3 is 2.84 bits per heavy atom. The summed E-state index contributed by atoms with van der Waals surface area (Å²) in [5.74, 6) is 0.479. The Labute approximate surface area is 113 Å². The second-order valence-corrected chi connectivity index (χ2v) is 4.71. The van der Waals surface area contributed by atoms with Crippen molar-refractivity contribution in [1.82, 2.24) is 9.78 Å². The van der Waals surface area contributed by atoms with Gasteiger partial charge in [0.05, 0.1) is 5.69 Å². The van der Waals surface area contributed by atoms with E-state index in [-0.39, 0.29) is 0 Å². The fraction of sp³-hybridized carbons (Fsp3) is 0.333. The SMILES string of the molecule is CCCn1nc(Cc2cccc(C)c2)c(C#N)c1N. The van der Waals surface area contributed by atoms with Gasteiger partial charge < -0.3 is 5.73 Å². The summed E-state index contributed by atoms with van der Waals surface area (Å²) in [6, 6.07) is 10.4. The van der Waals surface area contributed by atoms with Crippen LogP contribution in [0.2, 0.25) is 0 Å². The van der Waals surface area contributed by atoms with Crippen LogP contribution in [-0.2, 0) is 13.0 Å². The van der Waals surface area contributed by atoms with Crippen molar-refractivity contribution in [2.24, 2.45) is 0 Å². The lowest BCUT2D eigenvalue weighted by Crippen LogP contribution is -2.04. The summed E-state index contributed by atoms with van der Waals surface area (Å²) in [5, 5.41) is 13.7. The molecule has 0 unspecified atom stereocenters. The number of aromatic nitrogens is 2. The van der Waals surface area contributed by atoms with E-state index in [1.807, 2.05) is 12.1 Å². The molecular formula is C15H18N4. The molecule has 0 bridgehead atoms. The zero-order valence-corrected chi connectivity index (χ0v) is 11.3. The number of benzene rings is 1. The molecule has 4 heteroatoms. The van der Waals surface area contributed by atoms with E-state index in [9.17, 15) is 5.26 Å². The molecule has 2 N–H and O–H groups in total. The minimum absolute atomic E-state index is 0.479. The number of nitriles is 1. The van der Waals surface area contributed by atoms with E-state index in [0.717, 1.165) is 24.2 Å². The van der Waals surface area contributed by atoms with Crippen molar-refractivity contribution in [3.05, 3.63) is 46.6 Å². The Balaban J connectivity index is 2.35. The molecule has 1 aromatic heterocycles. The average Bonchev–Trinajstić information content (AvgIpc) is 2.66. The van der Waals surface area contributed by atoms with Crippen molar-refractivity contribution < 1.29 is 0 Å². The highest BCUT2D eigenvalue weighted by Crippen LogP contribution is 2.19. The molecule has 98 valence electrons. The van der Waals surface area contributed by atoms with E-state index in [4.69, 9.17) is 5.73 Å². The third kappa shape index (κ3) is 2.76. The molecule has 0 atom stereocenters. The molecule has 0 spiro atoms. The minimum Gasteiger partial charge on any atom is -0.383 e. The summed E-state index contributed by atoms with van der Waals surface area (Å²) in [5.41, 5.74) is 9.59. The van der Waals surface area contributed by atoms with Crippen molar-refractivity contribution in [2.45, 2.75) is 33.2 Å². The van der Waals surface area contributed by atoms with Crippen LogP contribution in [0.5, 0.6) is 0 Å². The molecular weight excluding hydrogens is 236 g/mol. The molecule has 19 heavy (non-hydrogen) atoms. The third-order valence-electron chi connectivity index (χ3n) is 3.07. The molecule has 0 aliphatic heterocycles. The number of nitrogens with two attached hydrogens (primary N) is 1. The standard InChI is InChI=1S/C15H18N4/c1-3-7-19-15(17)13(10-16)14(18-19)9-12-6-4-5-11(2)8-12/h4-6,8H,3,7,9,17H2,1-2H3. The monoisotopic (exact) mass is 254 g/mol. The largest absolute Gasteiger partial charge is 0.383 e. The van der Waals surface area contributed by atoms with Gasteiger partial charge in [-0.15, -0.1) is 0 Å². The lowest BCUT2D eigenvalue weighted by atomic mass is 10.1. The topological polar surface area (TPSA) is 67.6 Å². The molecule has 0 saturated heterocycles. The smallest absolute Gasteiger partial charge is 0.140 e. The maximum atomic E-state index is 9.23. The Morgan fingerprint density at radius 1 is 1.42 bits per heavy atom. The van der Waals surface area contributed by atoms with Crippen molar-refractivity contribution >= 4 is 5.82 Å². The van der Waals surface area contributed by atoms with E-state index >= 15 is 0 Å². The number of hydrogen-bond donors (Lipinski definition) is 1. The summed E-state index contributed by atoms with van der Waals surface area (Å²) in [4.78, 5) is 0. The van der Waals surface area contributed by atoms with Crippen LogP contribution in [0.4, 0.5) is 5.82 Å². The summed E-state index contributed by atoms with van der Waals surface area (Å²) in [6.45, 7) is 4.86. The molecule has 0 radical (unpaired) electrons. The molecule has 1 heterocycles. The van der Waals surface area contributed by atoms with Crippen LogP contribution in [0.15, 0.2) is 24.3 Å². The van der Waals surface area contributed by atoms with Gasteiger partial charge in [-0.3, -0.25) is 0 Å². The molecule has 4 nitrogen and oxygen atoms in total. The van der Waals surface area contributed by atoms with Crippen LogP contribution in [0.1, 0.15) is 35.7 Å². The normalized spacial score (nSPS) is 10.4. The first-order valence-corrected chi connectivity index (χ1v) is 6.46. The van der Waals surface area contributed by atoms with E-state index in [2.05, 4.69) is 37.1 Å². The first-order chi connectivity index (χ1) is 9.15. The van der Waals surface area contributed by atoms with Crippen molar-refractivity contribution in [2.75, 3.05) is 5.73 Å². The van der Waals surface area contributed by atoms with Gasteiger partial charge in [0.1, 0.15) is 17.5 Å². The van der Waals surface area contributed by atoms with Crippen molar-refractivity contribution in [3.63, 3.8) is 0 Å². The third-order valence-corrected chi connectivity index (χ3v) is 3.07. The number of anilines is 1. The number of nitrogens with zero attached hydrogens (tertiary/aromatic N) is 3. The van der Waals surface area contributed by atoms with Crippen molar-refractivity contribution in [1.29, 1.82) is 5.26 Å². The number of rotatable bonds is 4. The first kappa shape index (κ1) is 13.2. The van der Waals surface area contributed by atoms with Gasteiger partial charge in [-0.25, -0.2) is 4.68 Å². The van der Waals surface area contributed by atoms with Gasteiger partial charge in [0.2, 0.25) is 0 Å².